The van der Waals surface area contributed by atoms with Gasteiger partial charge in [0.15, 0.2) is 5.78 Å². The Bertz CT molecular complexity index is 654. The minimum absolute atomic E-state index is 0.0118. The zero-order valence-corrected chi connectivity index (χ0v) is 12.4. The number of ether oxygens (including phenoxy) is 1. The van der Waals surface area contributed by atoms with E-state index in [-0.39, 0.29) is 17.4 Å². The third-order valence-corrected chi connectivity index (χ3v) is 3.02. The topological polar surface area (TPSA) is 81.6 Å². The van der Waals surface area contributed by atoms with Crippen LogP contribution in [0.25, 0.3) is 0 Å². The Kier molecular flexibility index (Phi) is 5.16. The van der Waals surface area contributed by atoms with Crippen LogP contribution >= 0.6 is 0 Å². The summed E-state index contributed by atoms with van der Waals surface area (Å²) in [5.41, 5.74) is 6.82. The molecule has 0 amide bonds. The molecule has 0 heterocycles. The molecule has 0 saturated carbocycles. The van der Waals surface area contributed by atoms with Crippen molar-refractivity contribution in [3.63, 3.8) is 0 Å². The normalized spacial score (nSPS) is 11.5. The number of rotatable bonds is 6. The number of para-hydroxylation sites is 1. The molecule has 0 fully saturated rings. The molecule has 0 aromatic heterocycles. The van der Waals surface area contributed by atoms with Gasteiger partial charge in [-0.05, 0) is 17.7 Å². The Hall–Kier alpha value is -2.79. The van der Waals surface area contributed by atoms with Gasteiger partial charge in [0.25, 0.3) is 0 Å². The average molecular weight is 297 g/mol. The van der Waals surface area contributed by atoms with Gasteiger partial charge in [-0.15, -0.1) is 0 Å². The first-order valence-corrected chi connectivity index (χ1v) is 6.87. The van der Waals surface area contributed by atoms with Gasteiger partial charge < -0.3 is 10.5 Å². The highest BCUT2D eigenvalue weighted by molar-refractivity contribution is 5.92. The van der Waals surface area contributed by atoms with E-state index in [0.717, 1.165) is 5.56 Å². The molecule has 114 valence electrons. The summed E-state index contributed by atoms with van der Waals surface area (Å²) in [6.45, 7) is 1.75. The lowest BCUT2D eigenvalue weighted by Crippen LogP contribution is -2.35. The molecule has 0 spiro atoms. The fourth-order valence-corrected chi connectivity index (χ4v) is 1.87. The average Bonchev–Trinajstić information content (AvgIpc) is 2.53. The lowest BCUT2D eigenvalue weighted by Gasteiger charge is -2.23. The highest BCUT2D eigenvalue weighted by Crippen LogP contribution is 2.17. The minimum atomic E-state index is -0.297. The molecule has 0 aliphatic rings. The number of carbonyl (C=O) groups is 1. The first-order valence-electron chi connectivity index (χ1n) is 6.87. The maximum Gasteiger partial charge on any atom is 0.237 e. The molecular formula is C17H19N3O2. The van der Waals surface area contributed by atoms with Crippen molar-refractivity contribution in [1.29, 1.82) is 0 Å². The van der Waals surface area contributed by atoms with Crippen molar-refractivity contribution >= 4 is 5.78 Å². The molecule has 0 bridgehead atoms. The summed E-state index contributed by atoms with van der Waals surface area (Å²) >= 11 is 0. The van der Waals surface area contributed by atoms with Crippen LogP contribution < -0.4 is 16.3 Å². The van der Waals surface area contributed by atoms with E-state index in [4.69, 9.17) is 16.3 Å². The van der Waals surface area contributed by atoms with Crippen LogP contribution in [0.15, 0.2) is 72.2 Å². The van der Waals surface area contributed by atoms with Crippen LogP contribution in [0.4, 0.5) is 0 Å². The minimum Gasteiger partial charge on any atom is -0.438 e. The monoisotopic (exact) mass is 297 g/mol. The molecule has 4 N–H and O–H groups in total. The highest BCUT2D eigenvalue weighted by Gasteiger charge is 2.16. The smallest absolute Gasteiger partial charge is 0.237 e. The quantitative estimate of drug-likeness (QED) is 0.369. The fraction of sp³-hybridized carbons (Fsp3) is 0.118. The number of Topliss-reactive ketones (excluding diaryl/α,β-unsaturated/α-hetero) is 1. The van der Waals surface area contributed by atoms with E-state index >= 15 is 0 Å². The van der Waals surface area contributed by atoms with Crippen LogP contribution in [0.1, 0.15) is 12.5 Å². The number of allylic oxidation sites excluding steroid dienone is 1. The second-order valence-electron chi connectivity index (χ2n) is 4.80. The van der Waals surface area contributed by atoms with Gasteiger partial charge in [-0.1, -0.05) is 48.5 Å². The van der Waals surface area contributed by atoms with Crippen LogP contribution in [0.3, 0.4) is 0 Å². The molecule has 22 heavy (non-hydrogen) atoms. The van der Waals surface area contributed by atoms with Gasteiger partial charge in [-0.3, -0.25) is 9.80 Å². The summed E-state index contributed by atoms with van der Waals surface area (Å²) in [4.78, 5) is 11.6. The first kappa shape index (κ1) is 15.6. The summed E-state index contributed by atoms with van der Waals surface area (Å²) < 4.78 is 5.71. The summed E-state index contributed by atoms with van der Waals surface area (Å²) in [7, 11) is 0. The van der Waals surface area contributed by atoms with Crippen LogP contribution in [-0.4, -0.2) is 10.8 Å². The van der Waals surface area contributed by atoms with Crippen molar-refractivity contribution < 1.29 is 9.53 Å². The number of benzene rings is 2. The van der Waals surface area contributed by atoms with E-state index in [1.54, 1.807) is 12.1 Å². The summed E-state index contributed by atoms with van der Waals surface area (Å²) in [5.74, 6) is 6.46. The van der Waals surface area contributed by atoms with Crippen LogP contribution in [0.2, 0.25) is 0 Å². The van der Waals surface area contributed by atoms with E-state index in [0.29, 0.717) is 12.3 Å². The molecular weight excluding hydrogens is 278 g/mol. The van der Waals surface area contributed by atoms with Crippen LogP contribution in [0.5, 0.6) is 5.75 Å². The fourth-order valence-electron chi connectivity index (χ4n) is 1.87. The lowest BCUT2D eigenvalue weighted by molar-refractivity contribution is -0.114. The van der Waals surface area contributed by atoms with Crippen molar-refractivity contribution in [3.05, 3.63) is 77.8 Å². The maximum absolute atomic E-state index is 11.6. The molecule has 0 aliphatic carbocycles. The molecule has 0 radical (unpaired) electrons. The van der Waals surface area contributed by atoms with Crippen molar-refractivity contribution in [2.75, 3.05) is 0 Å². The van der Waals surface area contributed by atoms with Gasteiger partial charge in [0.05, 0.1) is 6.54 Å². The number of hydrogen-bond donors (Lipinski definition) is 2. The van der Waals surface area contributed by atoms with Crippen molar-refractivity contribution in [1.82, 2.24) is 5.01 Å². The number of hydrazine groups is 1. The zero-order valence-electron chi connectivity index (χ0n) is 12.4. The zero-order chi connectivity index (χ0) is 15.9. The predicted octanol–water partition coefficient (Wildman–Crippen LogP) is 2.16. The van der Waals surface area contributed by atoms with E-state index in [1.165, 1.54) is 11.9 Å². The van der Waals surface area contributed by atoms with E-state index in [2.05, 4.69) is 0 Å². The van der Waals surface area contributed by atoms with E-state index in [1.807, 2.05) is 48.5 Å². The first-order chi connectivity index (χ1) is 10.6. The third-order valence-electron chi connectivity index (χ3n) is 3.02. The molecule has 0 unspecified atom stereocenters. The summed E-state index contributed by atoms with van der Waals surface area (Å²) in [5, 5.41) is 1.33. The molecule has 0 atom stereocenters. The lowest BCUT2D eigenvalue weighted by atomic mass is 10.2. The molecule has 0 aliphatic heterocycles. The molecule has 2 rings (SSSR count). The predicted molar refractivity (Wildman–Crippen MR) is 85.1 cm³/mol. The Balaban J connectivity index is 2.25. The molecule has 5 nitrogen and oxygen atoms in total. The van der Waals surface area contributed by atoms with Crippen LogP contribution in [0, 0.1) is 0 Å². The molecule has 2 aromatic carbocycles. The van der Waals surface area contributed by atoms with Crippen molar-refractivity contribution in [2.24, 2.45) is 11.6 Å². The number of ketones is 1. The van der Waals surface area contributed by atoms with Gasteiger partial charge in [0.2, 0.25) is 5.88 Å². The van der Waals surface area contributed by atoms with Gasteiger partial charge in [-0.2, -0.15) is 0 Å². The largest absolute Gasteiger partial charge is 0.438 e. The molecule has 2 aromatic rings. The Morgan fingerprint density at radius 3 is 2.14 bits per heavy atom. The number of hydrogen-bond acceptors (Lipinski definition) is 5. The Labute approximate surface area is 129 Å². The van der Waals surface area contributed by atoms with Crippen molar-refractivity contribution in [2.45, 2.75) is 13.5 Å². The molecule has 0 saturated heterocycles. The highest BCUT2D eigenvalue weighted by atomic mass is 16.5. The third kappa shape index (κ3) is 4.10. The second kappa shape index (κ2) is 7.28. The van der Waals surface area contributed by atoms with Gasteiger partial charge in [0, 0.05) is 6.92 Å². The van der Waals surface area contributed by atoms with E-state index < -0.39 is 0 Å². The SMILES string of the molecule is CC(=O)/C(N)=C(\Oc1ccccc1)N(N)Cc1ccccc1. The van der Waals surface area contributed by atoms with Gasteiger partial charge in [0.1, 0.15) is 11.4 Å². The number of nitrogens with two attached hydrogens (primary N) is 2. The number of carbonyl (C=O) groups excluding carboxylic acids is 1. The maximum atomic E-state index is 11.6. The second-order valence-corrected chi connectivity index (χ2v) is 4.80. The van der Waals surface area contributed by atoms with Gasteiger partial charge in [-0.25, -0.2) is 5.84 Å². The van der Waals surface area contributed by atoms with Crippen LogP contribution in [-0.2, 0) is 11.3 Å². The Morgan fingerprint density at radius 1 is 1.05 bits per heavy atom. The Morgan fingerprint density at radius 2 is 1.59 bits per heavy atom. The van der Waals surface area contributed by atoms with E-state index in [9.17, 15) is 4.79 Å². The standard InChI is InChI=1S/C17H19N3O2/c1-13(21)16(18)17(22-15-10-6-3-7-11-15)20(19)12-14-8-4-2-5-9-14/h2-11H,12,18-19H2,1H3/b17-16+. The molecule has 5 heteroatoms. The summed E-state index contributed by atoms with van der Waals surface area (Å²) in [6, 6.07) is 18.7. The van der Waals surface area contributed by atoms with Crippen molar-refractivity contribution in [3.8, 4) is 5.75 Å². The summed E-state index contributed by atoms with van der Waals surface area (Å²) in [6.07, 6.45) is 0. The number of nitrogens with zero attached hydrogens (tertiary/aromatic N) is 1. The van der Waals surface area contributed by atoms with Gasteiger partial charge >= 0.3 is 0 Å².